The van der Waals surface area contributed by atoms with E-state index < -0.39 is 5.91 Å². The summed E-state index contributed by atoms with van der Waals surface area (Å²) in [6, 6.07) is 0. The Morgan fingerprint density at radius 2 is 1.64 bits per heavy atom. The van der Waals surface area contributed by atoms with E-state index >= 15 is 0 Å². The molecule has 0 aromatic rings. The van der Waals surface area contributed by atoms with Gasteiger partial charge in [-0.15, -0.1) is 5.73 Å². The van der Waals surface area contributed by atoms with Crippen molar-refractivity contribution in [2.24, 2.45) is 0 Å². The Morgan fingerprint density at radius 3 is 2.21 bits per heavy atom. The molecule has 0 saturated carbocycles. The average Bonchev–Trinajstić information content (AvgIpc) is 2.15. The maximum atomic E-state index is 10.1. The molecule has 0 spiro atoms. The van der Waals surface area contributed by atoms with E-state index in [2.05, 4.69) is 6.92 Å². The van der Waals surface area contributed by atoms with Crippen LogP contribution < -0.4 is 5.73 Å². The van der Waals surface area contributed by atoms with Gasteiger partial charge in [-0.3, -0.25) is 4.79 Å². The van der Waals surface area contributed by atoms with Gasteiger partial charge in [-0.25, -0.2) is 0 Å². The fourth-order valence-electron chi connectivity index (χ4n) is 1.40. The van der Waals surface area contributed by atoms with Crippen LogP contribution in [0.2, 0.25) is 0 Å². The van der Waals surface area contributed by atoms with Crippen LogP contribution in [0.4, 0.5) is 0 Å². The van der Waals surface area contributed by atoms with Gasteiger partial charge in [-0.05, 0) is 12.8 Å². The highest BCUT2D eigenvalue weighted by molar-refractivity contribution is 5.84. The third-order valence-corrected chi connectivity index (χ3v) is 2.23. The highest BCUT2D eigenvalue weighted by Crippen LogP contribution is 2.08. The van der Waals surface area contributed by atoms with Crippen molar-refractivity contribution in [1.29, 1.82) is 0 Å². The molecule has 2 heteroatoms. The Hall–Kier alpha value is -0.790. The summed E-state index contributed by atoms with van der Waals surface area (Å²) in [5.74, 6) is -0.840. The van der Waals surface area contributed by atoms with Gasteiger partial charge in [0.15, 0.2) is 0 Å². The standard InChI is InChI=1S/C12H21NO/c1-2-3-4-5-6-7-8-9-10-11-12(13)14/h10-11H,2-9H2,1H3. The minimum absolute atomic E-state index is 0.840. The molecule has 0 aliphatic carbocycles. The predicted molar refractivity (Wildman–Crippen MR) is 58.9 cm³/mol. The van der Waals surface area contributed by atoms with Gasteiger partial charge in [0.05, 0.1) is 0 Å². The Balaban J connectivity index is 3.02. The zero-order valence-corrected chi connectivity index (χ0v) is 9.17. The van der Waals surface area contributed by atoms with Crippen molar-refractivity contribution in [2.75, 3.05) is 0 Å². The monoisotopic (exact) mass is 195 g/mol. The van der Waals surface area contributed by atoms with Crippen molar-refractivity contribution in [2.45, 2.75) is 58.3 Å². The largest absolute Gasteiger partial charge is 0.288 e. The fourth-order valence-corrected chi connectivity index (χ4v) is 1.40. The van der Waals surface area contributed by atoms with Gasteiger partial charge in [0, 0.05) is 6.08 Å². The van der Waals surface area contributed by atoms with Crippen molar-refractivity contribution >= 4 is 5.91 Å². The van der Waals surface area contributed by atoms with Gasteiger partial charge in [0.25, 0.3) is 5.91 Å². The summed E-state index contributed by atoms with van der Waals surface area (Å²) in [7, 11) is 0. The molecular weight excluding hydrogens is 174 g/mol. The van der Waals surface area contributed by atoms with Crippen LogP contribution in [0.3, 0.4) is 0 Å². The molecule has 0 N–H and O–H groups in total. The predicted octanol–water partition coefficient (Wildman–Crippen LogP) is 3.28. The van der Waals surface area contributed by atoms with Crippen LogP contribution in [0.5, 0.6) is 0 Å². The first kappa shape index (κ1) is 13.2. The highest BCUT2D eigenvalue weighted by atomic mass is 16.1. The van der Waals surface area contributed by atoms with Crippen LogP contribution in [0, 0.1) is 0 Å². The van der Waals surface area contributed by atoms with Gasteiger partial charge in [-0.1, -0.05) is 51.5 Å². The maximum Gasteiger partial charge on any atom is 0.288 e. The fraction of sp³-hybridized carbons (Fsp3) is 0.750. The number of carbonyl (C=O) groups is 1. The molecule has 2 nitrogen and oxygen atoms in total. The molecule has 0 aliphatic rings. The molecule has 0 aromatic heterocycles. The topological polar surface area (TPSA) is 39.4 Å². The summed E-state index contributed by atoms with van der Waals surface area (Å²) in [5, 5.41) is 0. The van der Waals surface area contributed by atoms with E-state index in [-0.39, 0.29) is 0 Å². The number of hydrogen-bond acceptors (Lipinski definition) is 1. The van der Waals surface area contributed by atoms with Crippen LogP contribution in [0.1, 0.15) is 58.3 Å². The molecule has 80 valence electrons. The van der Waals surface area contributed by atoms with E-state index in [4.69, 9.17) is 5.73 Å². The number of carbonyl (C=O) groups excluding carboxylic acids is 1. The summed E-state index contributed by atoms with van der Waals surface area (Å²) in [6.07, 6.45) is 12.8. The Morgan fingerprint density at radius 1 is 1.07 bits per heavy atom. The van der Waals surface area contributed by atoms with Crippen molar-refractivity contribution in [3.63, 3.8) is 0 Å². The minimum Gasteiger partial charge on any atom is -0.266 e. The first-order chi connectivity index (χ1) is 6.77. The molecule has 0 unspecified atom stereocenters. The van der Waals surface area contributed by atoms with Crippen LogP contribution in [0.15, 0.2) is 12.2 Å². The first-order valence-corrected chi connectivity index (χ1v) is 5.67. The van der Waals surface area contributed by atoms with Crippen LogP contribution in [-0.4, -0.2) is 5.91 Å². The highest BCUT2D eigenvalue weighted by Gasteiger charge is 1.90. The van der Waals surface area contributed by atoms with Gasteiger partial charge >= 0.3 is 0 Å². The number of rotatable bonds is 9. The van der Waals surface area contributed by atoms with Gasteiger partial charge in [-0.2, -0.15) is 0 Å². The minimum atomic E-state index is -0.840. The summed E-state index contributed by atoms with van der Waals surface area (Å²) >= 11 is 0. The zero-order chi connectivity index (χ0) is 10.6. The number of amides is 1. The molecule has 1 amide bonds. The second-order valence-electron chi connectivity index (χ2n) is 3.65. The quantitative estimate of drug-likeness (QED) is 0.411. The third-order valence-electron chi connectivity index (χ3n) is 2.23. The second kappa shape index (κ2) is 10.3. The Bertz CT molecular complexity index is 164. The number of nitrogens with zero attached hydrogens (tertiary/aromatic N) is 1. The van der Waals surface area contributed by atoms with Gasteiger partial charge < -0.3 is 0 Å². The molecule has 0 bridgehead atoms. The van der Waals surface area contributed by atoms with E-state index in [0.717, 1.165) is 12.8 Å². The summed E-state index contributed by atoms with van der Waals surface area (Å²) in [4.78, 5) is 10.1. The van der Waals surface area contributed by atoms with E-state index in [1.54, 1.807) is 6.08 Å². The number of allylic oxidation sites excluding steroid dienone is 1. The second-order valence-corrected chi connectivity index (χ2v) is 3.65. The molecule has 0 saturated heterocycles. The van der Waals surface area contributed by atoms with E-state index in [0.29, 0.717) is 0 Å². The van der Waals surface area contributed by atoms with Crippen LogP contribution in [0.25, 0.3) is 0 Å². The normalized spacial score (nSPS) is 10.9. The molecule has 0 aromatic carbocycles. The summed E-state index contributed by atoms with van der Waals surface area (Å²) in [5.41, 5.74) is 8.33. The lowest BCUT2D eigenvalue weighted by Gasteiger charge is -1.98. The third kappa shape index (κ3) is 11.2. The number of unbranched alkanes of at least 4 members (excludes halogenated alkanes) is 7. The first-order valence-electron chi connectivity index (χ1n) is 5.67. The Kier molecular flexibility index (Phi) is 9.71. The molecule has 0 heterocycles. The zero-order valence-electron chi connectivity index (χ0n) is 9.17. The van der Waals surface area contributed by atoms with Gasteiger partial charge in [0.2, 0.25) is 0 Å². The van der Waals surface area contributed by atoms with Crippen LogP contribution >= 0.6 is 0 Å². The molecule has 0 rings (SSSR count). The van der Waals surface area contributed by atoms with Crippen molar-refractivity contribution in [1.82, 2.24) is 5.73 Å². The molecule has 0 aliphatic heterocycles. The smallest absolute Gasteiger partial charge is 0.266 e. The lowest BCUT2D eigenvalue weighted by molar-refractivity contribution is -0.114. The van der Waals surface area contributed by atoms with E-state index in [1.165, 1.54) is 44.6 Å². The molecule has 0 fully saturated rings. The summed E-state index contributed by atoms with van der Waals surface area (Å²) in [6.45, 7) is 2.22. The Labute approximate surface area is 87.6 Å². The maximum absolute atomic E-state index is 10.1. The molecule has 2 radical (unpaired) electrons. The summed E-state index contributed by atoms with van der Waals surface area (Å²) < 4.78 is 0. The average molecular weight is 195 g/mol. The van der Waals surface area contributed by atoms with E-state index in [9.17, 15) is 4.79 Å². The van der Waals surface area contributed by atoms with Gasteiger partial charge in [0.1, 0.15) is 0 Å². The number of hydrogen-bond donors (Lipinski definition) is 0. The van der Waals surface area contributed by atoms with Crippen LogP contribution in [-0.2, 0) is 4.79 Å². The van der Waals surface area contributed by atoms with Crippen molar-refractivity contribution < 1.29 is 4.79 Å². The van der Waals surface area contributed by atoms with Crippen molar-refractivity contribution in [3.8, 4) is 0 Å². The lowest BCUT2D eigenvalue weighted by atomic mass is 10.1. The molecule has 14 heavy (non-hydrogen) atoms. The molecular formula is C12H21NO. The molecule has 0 atom stereocenters. The van der Waals surface area contributed by atoms with E-state index in [1.807, 2.05) is 0 Å². The lowest BCUT2D eigenvalue weighted by Crippen LogP contribution is -1.89. The van der Waals surface area contributed by atoms with Crippen molar-refractivity contribution in [3.05, 3.63) is 12.2 Å². The SMILES string of the molecule is CCCCCCCCCC=CC([N])=O.